The second-order valence-corrected chi connectivity index (χ2v) is 4.43. The van der Waals surface area contributed by atoms with E-state index in [0.29, 0.717) is 13.1 Å². The van der Waals surface area contributed by atoms with Crippen molar-refractivity contribution in [2.75, 3.05) is 0 Å². The average molecular weight is 265 g/mol. The summed E-state index contributed by atoms with van der Waals surface area (Å²) in [5.41, 5.74) is 1.81. The second kappa shape index (κ2) is 6.43. The lowest BCUT2D eigenvalue weighted by Gasteiger charge is -2.08. The van der Waals surface area contributed by atoms with Gasteiger partial charge in [-0.3, -0.25) is 0 Å². The Bertz CT molecular complexity index is 537. The highest BCUT2D eigenvalue weighted by Crippen LogP contribution is 2.08. The molecule has 1 heterocycles. The molecule has 0 aliphatic rings. The van der Waals surface area contributed by atoms with Crippen molar-refractivity contribution in [2.45, 2.75) is 33.0 Å². The Balaban J connectivity index is 1.89. The number of halogens is 2. The van der Waals surface area contributed by atoms with Gasteiger partial charge in [0, 0.05) is 25.8 Å². The van der Waals surface area contributed by atoms with Crippen LogP contribution in [-0.4, -0.2) is 9.55 Å². The molecule has 0 saturated carbocycles. The van der Waals surface area contributed by atoms with Gasteiger partial charge in [0.1, 0.15) is 0 Å². The van der Waals surface area contributed by atoms with Crippen molar-refractivity contribution in [2.24, 2.45) is 0 Å². The molecule has 0 spiro atoms. The van der Waals surface area contributed by atoms with Crippen LogP contribution in [0.1, 0.15) is 24.6 Å². The fraction of sp³-hybridized carbons (Fsp3) is 0.357. The molecule has 0 bridgehead atoms. The zero-order valence-corrected chi connectivity index (χ0v) is 10.9. The first kappa shape index (κ1) is 13.7. The fourth-order valence-electron chi connectivity index (χ4n) is 1.92. The molecular formula is C14H17F2N3. The predicted molar refractivity (Wildman–Crippen MR) is 69.4 cm³/mol. The minimum absolute atomic E-state index is 0.495. The van der Waals surface area contributed by atoms with Gasteiger partial charge in [-0.25, -0.2) is 13.8 Å². The van der Waals surface area contributed by atoms with Crippen molar-refractivity contribution in [3.05, 3.63) is 53.6 Å². The number of hydrogen-bond acceptors (Lipinski definition) is 2. The summed E-state index contributed by atoms with van der Waals surface area (Å²) < 4.78 is 27.9. The molecule has 2 rings (SSSR count). The van der Waals surface area contributed by atoms with Gasteiger partial charge in [-0.1, -0.05) is 13.0 Å². The van der Waals surface area contributed by atoms with Gasteiger partial charge in [-0.05, 0) is 24.1 Å². The first-order chi connectivity index (χ1) is 9.20. The van der Waals surface area contributed by atoms with Gasteiger partial charge in [0.2, 0.25) is 0 Å². The Morgan fingerprint density at radius 2 is 2.05 bits per heavy atom. The number of aromatic nitrogens is 2. The van der Waals surface area contributed by atoms with Crippen LogP contribution in [0.4, 0.5) is 8.78 Å². The summed E-state index contributed by atoms with van der Waals surface area (Å²) in [7, 11) is 0. The zero-order chi connectivity index (χ0) is 13.7. The Kier molecular flexibility index (Phi) is 4.63. The molecule has 19 heavy (non-hydrogen) atoms. The van der Waals surface area contributed by atoms with E-state index in [-0.39, 0.29) is 0 Å². The van der Waals surface area contributed by atoms with E-state index in [1.54, 1.807) is 12.4 Å². The van der Waals surface area contributed by atoms with E-state index in [0.717, 1.165) is 30.3 Å². The van der Waals surface area contributed by atoms with Crippen molar-refractivity contribution in [3.63, 3.8) is 0 Å². The first-order valence-corrected chi connectivity index (χ1v) is 6.34. The number of nitrogens with one attached hydrogen (secondary N) is 1. The molecule has 0 amide bonds. The topological polar surface area (TPSA) is 29.9 Å². The first-order valence-electron chi connectivity index (χ1n) is 6.34. The molecule has 1 N–H and O–H groups in total. The molecule has 1 aromatic heterocycles. The van der Waals surface area contributed by atoms with E-state index >= 15 is 0 Å². The van der Waals surface area contributed by atoms with Crippen LogP contribution in [0.15, 0.2) is 30.7 Å². The van der Waals surface area contributed by atoms with Crippen LogP contribution in [0.2, 0.25) is 0 Å². The highest BCUT2D eigenvalue weighted by molar-refractivity contribution is 5.17. The summed E-state index contributed by atoms with van der Waals surface area (Å²) in [6, 6.07) is 3.94. The normalized spacial score (nSPS) is 10.9. The molecule has 0 aliphatic carbocycles. The van der Waals surface area contributed by atoms with Crippen LogP contribution in [0.5, 0.6) is 0 Å². The molecule has 0 saturated heterocycles. The van der Waals surface area contributed by atoms with Crippen LogP contribution in [0, 0.1) is 11.6 Å². The van der Waals surface area contributed by atoms with Crippen molar-refractivity contribution in [1.29, 1.82) is 0 Å². The molecule has 0 atom stereocenters. The second-order valence-electron chi connectivity index (χ2n) is 4.43. The molecule has 3 nitrogen and oxygen atoms in total. The minimum atomic E-state index is -0.815. The van der Waals surface area contributed by atoms with Crippen molar-refractivity contribution in [1.82, 2.24) is 14.9 Å². The molecule has 0 aliphatic heterocycles. The molecule has 2 aromatic rings. The predicted octanol–water partition coefficient (Wildman–Crippen LogP) is 2.86. The van der Waals surface area contributed by atoms with Crippen molar-refractivity contribution < 1.29 is 8.78 Å². The van der Waals surface area contributed by atoms with Gasteiger partial charge in [0.25, 0.3) is 0 Å². The highest BCUT2D eigenvalue weighted by Gasteiger charge is 2.04. The molecule has 0 radical (unpaired) electrons. The number of imidazole rings is 1. The lowest BCUT2D eigenvalue weighted by molar-refractivity contribution is 0.505. The van der Waals surface area contributed by atoms with Crippen LogP contribution in [0.25, 0.3) is 0 Å². The van der Waals surface area contributed by atoms with E-state index in [2.05, 4.69) is 21.8 Å². The largest absolute Gasteiger partial charge is 0.333 e. The van der Waals surface area contributed by atoms with E-state index in [1.165, 1.54) is 6.07 Å². The molecule has 102 valence electrons. The number of aryl methyl sites for hydroxylation is 1. The number of benzene rings is 1. The highest BCUT2D eigenvalue weighted by atomic mass is 19.2. The lowest BCUT2D eigenvalue weighted by atomic mass is 10.2. The van der Waals surface area contributed by atoms with Gasteiger partial charge in [0.05, 0.1) is 12.0 Å². The van der Waals surface area contributed by atoms with Crippen molar-refractivity contribution >= 4 is 0 Å². The van der Waals surface area contributed by atoms with Gasteiger partial charge in [-0.15, -0.1) is 0 Å². The Morgan fingerprint density at radius 3 is 2.79 bits per heavy atom. The Labute approximate surface area is 111 Å². The molecule has 5 heteroatoms. The van der Waals surface area contributed by atoms with Crippen LogP contribution >= 0.6 is 0 Å². The zero-order valence-electron chi connectivity index (χ0n) is 10.9. The van der Waals surface area contributed by atoms with E-state index in [9.17, 15) is 8.78 Å². The third-order valence-corrected chi connectivity index (χ3v) is 2.88. The van der Waals surface area contributed by atoms with Gasteiger partial charge < -0.3 is 9.88 Å². The quantitative estimate of drug-likeness (QED) is 0.870. The third-order valence-electron chi connectivity index (χ3n) is 2.88. The molecule has 0 unspecified atom stereocenters. The summed E-state index contributed by atoms with van der Waals surface area (Å²) in [4.78, 5) is 4.11. The van der Waals surface area contributed by atoms with Crippen LogP contribution in [0.3, 0.4) is 0 Å². The van der Waals surface area contributed by atoms with Crippen LogP contribution in [-0.2, 0) is 19.6 Å². The molecular weight excluding hydrogens is 248 g/mol. The number of nitrogens with zero attached hydrogens (tertiary/aromatic N) is 2. The van der Waals surface area contributed by atoms with Gasteiger partial charge in [-0.2, -0.15) is 0 Å². The standard InChI is InChI=1S/C14H17F2N3/c1-2-5-19-10-18-9-12(19)8-17-7-11-3-4-13(15)14(16)6-11/h3-4,6,9-10,17H,2,5,7-8H2,1H3. The SMILES string of the molecule is CCCn1cncc1CNCc1ccc(F)c(F)c1. The van der Waals surface area contributed by atoms with E-state index in [4.69, 9.17) is 0 Å². The summed E-state index contributed by atoms with van der Waals surface area (Å²) in [5, 5.41) is 3.20. The third kappa shape index (κ3) is 3.61. The van der Waals surface area contributed by atoms with Crippen molar-refractivity contribution in [3.8, 4) is 0 Å². The van der Waals surface area contributed by atoms with Gasteiger partial charge >= 0.3 is 0 Å². The molecule has 0 fully saturated rings. The monoisotopic (exact) mass is 265 g/mol. The van der Waals surface area contributed by atoms with E-state index in [1.807, 2.05) is 6.20 Å². The summed E-state index contributed by atoms with van der Waals surface area (Å²) >= 11 is 0. The molecule has 1 aromatic carbocycles. The van der Waals surface area contributed by atoms with Gasteiger partial charge in [0.15, 0.2) is 11.6 Å². The maximum Gasteiger partial charge on any atom is 0.159 e. The average Bonchev–Trinajstić information content (AvgIpc) is 2.82. The Morgan fingerprint density at radius 1 is 1.21 bits per heavy atom. The summed E-state index contributed by atoms with van der Waals surface area (Å²) in [5.74, 6) is -1.62. The fourth-order valence-corrected chi connectivity index (χ4v) is 1.92. The summed E-state index contributed by atoms with van der Waals surface area (Å²) in [6.07, 6.45) is 4.67. The maximum atomic E-state index is 13.0. The summed E-state index contributed by atoms with van der Waals surface area (Å²) in [6.45, 7) is 4.19. The number of hydrogen-bond donors (Lipinski definition) is 1. The van der Waals surface area contributed by atoms with E-state index < -0.39 is 11.6 Å². The minimum Gasteiger partial charge on any atom is -0.333 e. The number of rotatable bonds is 6. The Hall–Kier alpha value is -1.75. The maximum absolute atomic E-state index is 13.0. The lowest BCUT2D eigenvalue weighted by Crippen LogP contribution is -2.16. The van der Waals surface area contributed by atoms with Crippen LogP contribution < -0.4 is 5.32 Å². The smallest absolute Gasteiger partial charge is 0.159 e.